The average molecular weight is 546 g/mol. The van der Waals surface area contributed by atoms with E-state index in [0.29, 0.717) is 13.2 Å². The normalized spacial score (nSPS) is 10.6. The molecule has 0 fully saturated rings. The number of hydrogen-bond acceptors (Lipinski definition) is 4. The van der Waals surface area contributed by atoms with Crippen LogP contribution in [0.3, 0.4) is 0 Å². The molecule has 0 aliphatic rings. The van der Waals surface area contributed by atoms with Gasteiger partial charge in [-0.15, -0.1) is 0 Å². The van der Waals surface area contributed by atoms with Crippen LogP contribution in [0.4, 0.5) is 17.1 Å². The molecule has 4 aromatic rings. The first-order valence-corrected chi connectivity index (χ1v) is 14.3. The van der Waals surface area contributed by atoms with Gasteiger partial charge in [-0.05, 0) is 103 Å². The molecule has 0 spiro atoms. The molecule has 0 radical (unpaired) electrons. The van der Waals surface area contributed by atoms with Gasteiger partial charge in [0.1, 0.15) is 5.75 Å². The zero-order chi connectivity index (χ0) is 28.9. The van der Waals surface area contributed by atoms with E-state index in [1.165, 1.54) is 22.8 Å². The van der Waals surface area contributed by atoms with Crippen molar-refractivity contribution in [3.63, 3.8) is 0 Å². The molecule has 0 aliphatic heterocycles. The van der Waals surface area contributed by atoms with Gasteiger partial charge in [-0.25, -0.2) is 4.79 Å². The second-order valence-electron chi connectivity index (χ2n) is 9.89. The van der Waals surface area contributed by atoms with E-state index in [0.717, 1.165) is 60.5 Å². The van der Waals surface area contributed by atoms with E-state index in [-0.39, 0.29) is 5.97 Å². The summed E-state index contributed by atoms with van der Waals surface area (Å²) in [6.07, 6.45) is 7.55. The number of esters is 1. The maximum Gasteiger partial charge on any atom is 0.330 e. The highest BCUT2D eigenvalue weighted by Gasteiger charge is 2.13. The highest BCUT2D eigenvalue weighted by atomic mass is 16.5. The second-order valence-corrected chi connectivity index (χ2v) is 9.89. The Hall–Kier alpha value is -4.57. The molecule has 41 heavy (non-hydrogen) atoms. The minimum absolute atomic E-state index is 0.376. The summed E-state index contributed by atoms with van der Waals surface area (Å²) >= 11 is 0. The fourth-order valence-corrected chi connectivity index (χ4v) is 4.63. The smallest absolute Gasteiger partial charge is 0.330 e. The van der Waals surface area contributed by atoms with Crippen molar-refractivity contribution in [1.82, 2.24) is 0 Å². The van der Waals surface area contributed by atoms with Crippen LogP contribution in [0, 0.1) is 0 Å². The Morgan fingerprint density at radius 3 is 1.63 bits per heavy atom. The number of nitrogens with zero attached hydrogens (tertiary/aromatic N) is 1. The minimum atomic E-state index is -0.376. The molecule has 210 valence electrons. The highest BCUT2D eigenvalue weighted by Crippen LogP contribution is 2.35. The van der Waals surface area contributed by atoms with Crippen LogP contribution in [0.5, 0.6) is 5.75 Å². The van der Waals surface area contributed by atoms with Crippen LogP contribution in [0.1, 0.15) is 42.0 Å². The summed E-state index contributed by atoms with van der Waals surface area (Å²) < 4.78 is 11.0. The molecule has 4 aromatic carbocycles. The van der Waals surface area contributed by atoms with Crippen molar-refractivity contribution in [2.75, 3.05) is 18.1 Å². The van der Waals surface area contributed by atoms with Gasteiger partial charge in [0.05, 0.1) is 13.2 Å². The summed E-state index contributed by atoms with van der Waals surface area (Å²) in [5.41, 5.74) is 8.23. The van der Waals surface area contributed by atoms with Crippen molar-refractivity contribution in [3.05, 3.63) is 139 Å². The molecule has 0 saturated carbocycles. The van der Waals surface area contributed by atoms with Crippen LogP contribution in [-0.2, 0) is 28.8 Å². The lowest BCUT2D eigenvalue weighted by atomic mass is 10.1. The Labute approximate surface area is 244 Å². The number of hydrogen-bond donors (Lipinski definition) is 0. The minimum Gasteiger partial charge on any atom is -0.494 e. The van der Waals surface area contributed by atoms with E-state index >= 15 is 0 Å². The van der Waals surface area contributed by atoms with E-state index in [1.807, 2.05) is 30.3 Å². The first-order valence-electron chi connectivity index (χ1n) is 14.3. The third-order valence-electron chi connectivity index (χ3n) is 7.01. The van der Waals surface area contributed by atoms with Gasteiger partial charge >= 0.3 is 5.97 Å². The predicted octanol–water partition coefficient (Wildman–Crippen LogP) is 9.04. The molecular weight excluding hydrogens is 506 g/mol. The third-order valence-corrected chi connectivity index (χ3v) is 7.01. The molecule has 0 amide bonds. The maximum atomic E-state index is 11.3. The molecule has 0 aliphatic carbocycles. The van der Waals surface area contributed by atoms with E-state index in [4.69, 9.17) is 9.47 Å². The number of aryl methyl sites for hydroxylation is 3. The SMILES string of the molecule is C=CC(=O)OCCCc1ccc(N(c2ccc(CC)cc2)c2ccc(CCCOc3ccc(C=C)cc3)cc2)cc1. The van der Waals surface area contributed by atoms with Gasteiger partial charge in [0.2, 0.25) is 0 Å². The van der Waals surface area contributed by atoms with Crippen molar-refractivity contribution in [2.45, 2.75) is 39.0 Å². The zero-order valence-corrected chi connectivity index (χ0v) is 23.9. The molecule has 0 N–H and O–H groups in total. The van der Waals surface area contributed by atoms with Crippen LogP contribution in [0.2, 0.25) is 0 Å². The van der Waals surface area contributed by atoms with Crippen molar-refractivity contribution in [3.8, 4) is 5.75 Å². The molecular formula is C37H39NO3. The van der Waals surface area contributed by atoms with Crippen molar-refractivity contribution >= 4 is 29.1 Å². The lowest BCUT2D eigenvalue weighted by Crippen LogP contribution is -2.10. The molecule has 0 bridgehead atoms. The van der Waals surface area contributed by atoms with Gasteiger partial charge in [-0.2, -0.15) is 0 Å². The zero-order valence-electron chi connectivity index (χ0n) is 23.9. The second kappa shape index (κ2) is 15.3. The Balaban J connectivity index is 1.41. The quantitative estimate of drug-likeness (QED) is 0.0849. The van der Waals surface area contributed by atoms with Crippen LogP contribution in [0.25, 0.3) is 6.08 Å². The van der Waals surface area contributed by atoms with Crippen LogP contribution >= 0.6 is 0 Å². The first-order chi connectivity index (χ1) is 20.1. The number of carbonyl (C=O) groups is 1. The molecule has 4 heteroatoms. The Bertz CT molecular complexity index is 1390. The monoisotopic (exact) mass is 545 g/mol. The van der Waals surface area contributed by atoms with E-state index in [1.54, 1.807) is 0 Å². The van der Waals surface area contributed by atoms with E-state index in [2.05, 4.69) is 97.8 Å². The van der Waals surface area contributed by atoms with E-state index < -0.39 is 0 Å². The third kappa shape index (κ3) is 8.71. The van der Waals surface area contributed by atoms with Gasteiger partial charge in [0.25, 0.3) is 0 Å². The van der Waals surface area contributed by atoms with Crippen LogP contribution in [0.15, 0.2) is 116 Å². The maximum absolute atomic E-state index is 11.3. The van der Waals surface area contributed by atoms with Crippen LogP contribution in [-0.4, -0.2) is 19.2 Å². The summed E-state index contributed by atoms with van der Waals surface area (Å²) in [5, 5.41) is 0. The van der Waals surface area contributed by atoms with Gasteiger partial charge < -0.3 is 14.4 Å². The van der Waals surface area contributed by atoms with Crippen molar-refractivity contribution in [2.24, 2.45) is 0 Å². The van der Waals surface area contributed by atoms with Gasteiger partial charge in [0, 0.05) is 23.1 Å². The predicted molar refractivity (Wildman–Crippen MR) is 170 cm³/mol. The van der Waals surface area contributed by atoms with Crippen LogP contribution < -0.4 is 9.64 Å². The number of carbonyl (C=O) groups excluding carboxylic acids is 1. The van der Waals surface area contributed by atoms with Gasteiger partial charge in [-0.1, -0.05) is 74.7 Å². The molecule has 0 unspecified atom stereocenters. The highest BCUT2D eigenvalue weighted by molar-refractivity contribution is 5.81. The Morgan fingerprint density at radius 2 is 1.17 bits per heavy atom. The largest absolute Gasteiger partial charge is 0.494 e. The molecule has 4 nitrogen and oxygen atoms in total. The Kier molecular flexibility index (Phi) is 11.0. The summed E-state index contributed by atoms with van der Waals surface area (Å²) in [7, 11) is 0. The molecule has 0 saturated heterocycles. The van der Waals surface area contributed by atoms with E-state index in [9.17, 15) is 4.79 Å². The topological polar surface area (TPSA) is 38.8 Å². The number of rotatable bonds is 15. The summed E-state index contributed by atoms with van der Waals surface area (Å²) in [5.74, 6) is 0.511. The summed E-state index contributed by atoms with van der Waals surface area (Å²) in [6.45, 7) is 10.5. The van der Waals surface area contributed by atoms with Gasteiger partial charge in [-0.3, -0.25) is 0 Å². The van der Waals surface area contributed by atoms with Crippen molar-refractivity contribution in [1.29, 1.82) is 0 Å². The number of anilines is 3. The fourth-order valence-electron chi connectivity index (χ4n) is 4.63. The molecule has 0 aromatic heterocycles. The fraction of sp³-hybridized carbons (Fsp3) is 0.216. The average Bonchev–Trinajstić information content (AvgIpc) is 3.03. The van der Waals surface area contributed by atoms with Crippen molar-refractivity contribution < 1.29 is 14.3 Å². The summed E-state index contributed by atoms with van der Waals surface area (Å²) in [6, 6.07) is 34.2. The lowest BCUT2D eigenvalue weighted by molar-refractivity contribution is -0.137. The number of benzene rings is 4. The Morgan fingerprint density at radius 1 is 0.683 bits per heavy atom. The number of ether oxygens (including phenoxy) is 2. The summed E-state index contributed by atoms with van der Waals surface area (Å²) in [4.78, 5) is 13.5. The standard InChI is InChI=1S/C37H39NO3/c1-4-29-11-19-33(20-12-29)38(35-23-15-32(16-24-35)10-8-28-41-37(39)6-3)34-21-13-31(14-22-34)9-7-27-40-36-25-17-30(5-2)18-26-36/h5-6,11-26H,2-4,7-10,27-28H2,1H3. The molecule has 4 rings (SSSR count). The first kappa shape index (κ1) is 29.4. The lowest BCUT2D eigenvalue weighted by Gasteiger charge is -2.26. The van der Waals surface area contributed by atoms with Gasteiger partial charge in [0.15, 0.2) is 0 Å². The molecule has 0 heterocycles. The molecule has 0 atom stereocenters.